The number of carbonyl (C=O) groups is 2. The van der Waals surface area contributed by atoms with Crippen LogP contribution in [0.1, 0.15) is 23.6 Å². The third kappa shape index (κ3) is 5.32. The number of hydrogen-bond acceptors (Lipinski definition) is 4. The predicted molar refractivity (Wildman–Crippen MR) is 99.4 cm³/mol. The second-order valence-corrected chi connectivity index (χ2v) is 7.99. The highest BCUT2D eigenvalue weighted by atomic mass is 32.2. The van der Waals surface area contributed by atoms with Gasteiger partial charge in [-0.1, -0.05) is 36.4 Å². The van der Waals surface area contributed by atoms with Crippen LogP contribution in [0, 0.1) is 6.92 Å². The number of primary amides is 1. The summed E-state index contributed by atoms with van der Waals surface area (Å²) < 4.78 is 23.4. The summed E-state index contributed by atoms with van der Waals surface area (Å²) in [4.78, 5) is 23.8. The summed E-state index contributed by atoms with van der Waals surface area (Å²) in [5.74, 6) is -0.374. The van der Waals surface area contributed by atoms with Gasteiger partial charge in [-0.15, -0.1) is 0 Å². The van der Waals surface area contributed by atoms with Crippen molar-refractivity contribution in [3.8, 4) is 0 Å². The molecule has 2 aromatic rings. The number of carbonyl (C=O) groups excluding carboxylic acids is 2. The van der Waals surface area contributed by atoms with E-state index in [-0.39, 0.29) is 17.2 Å². The van der Waals surface area contributed by atoms with E-state index in [1.165, 1.54) is 12.1 Å². The van der Waals surface area contributed by atoms with Gasteiger partial charge in [0, 0.05) is 11.9 Å². The Labute approximate surface area is 152 Å². The first kappa shape index (κ1) is 19.5. The van der Waals surface area contributed by atoms with Crippen molar-refractivity contribution in [1.82, 2.24) is 5.32 Å². The van der Waals surface area contributed by atoms with E-state index >= 15 is 0 Å². The van der Waals surface area contributed by atoms with Crippen molar-refractivity contribution in [2.75, 3.05) is 11.6 Å². The lowest BCUT2D eigenvalue weighted by atomic mass is 10.0. The fraction of sp³-hybridized carbons (Fsp3) is 0.222. The van der Waals surface area contributed by atoms with Crippen LogP contribution in [0.25, 0.3) is 0 Å². The highest BCUT2D eigenvalue weighted by molar-refractivity contribution is 7.90. The Hall–Kier alpha value is -2.87. The first-order valence-electron chi connectivity index (χ1n) is 7.88. The molecule has 26 heavy (non-hydrogen) atoms. The van der Waals surface area contributed by atoms with Gasteiger partial charge in [-0.2, -0.15) is 0 Å². The molecule has 138 valence electrons. The second-order valence-electron chi connectivity index (χ2n) is 5.97. The minimum Gasteiger partial charge on any atom is -0.352 e. The standard InChI is InChI=1S/C18H21N3O4S/c1-12-8-9-14(26(2,24)25)10-15(12)20-17(22)11-16(21-18(19)23)13-6-4-3-5-7-13/h3-10,16H,11H2,1-2H3,(H,20,22)(H3,19,21,23)/t16-/m1/s1. The van der Waals surface area contributed by atoms with Crippen LogP contribution in [0.15, 0.2) is 53.4 Å². The molecule has 0 bridgehead atoms. The second kappa shape index (κ2) is 8.01. The molecule has 0 heterocycles. The highest BCUT2D eigenvalue weighted by Crippen LogP contribution is 2.22. The first-order chi connectivity index (χ1) is 12.2. The third-order valence-corrected chi connectivity index (χ3v) is 4.93. The molecular formula is C18H21N3O4S. The summed E-state index contributed by atoms with van der Waals surface area (Å²) in [6.45, 7) is 1.76. The van der Waals surface area contributed by atoms with E-state index in [0.717, 1.165) is 17.4 Å². The van der Waals surface area contributed by atoms with Crippen LogP contribution in [-0.2, 0) is 14.6 Å². The van der Waals surface area contributed by atoms with Gasteiger partial charge in [0.2, 0.25) is 5.91 Å². The summed E-state index contributed by atoms with van der Waals surface area (Å²) >= 11 is 0. The molecule has 7 nitrogen and oxygen atoms in total. The number of rotatable bonds is 6. The highest BCUT2D eigenvalue weighted by Gasteiger charge is 2.18. The Morgan fingerprint density at radius 1 is 1.12 bits per heavy atom. The van der Waals surface area contributed by atoms with Gasteiger partial charge < -0.3 is 16.4 Å². The Balaban J connectivity index is 2.19. The van der Waals surface area contributed by atoms with Gasteiger partial charge in [-0.3, -0.25) is 4.79 Å². The number of amides is 3. The third-order valence-electron chi connectivity index (χ3n) is 3.82. The SMILES string of the molecule is Cc1ccc(S(C)(=O)=O)cc1NC(=O)C[C@@H](NC(N)=O)c1ccccc1. The predicted octanol–water partition coefficient (Wildman–Crippen LogP) is 2.14. The lowest BCUT2D eigenvalue weighted by Crippen LogP contribution is -2.35. The maximum atomic E-state index is 12.4. The van der Waals surface area contributed by atoms with Crippen LogP contribution in [-0.4, -0.2) is 26.6 Å². The van der Waals surface area contributed by atoms with Crippen LogP contribution >= 0.6 is 0 Å². The minimum absolute atomic E-state index is 0.0461. The van der Waals surface area contributed by atoms with E-state index in [1.807, 2.05) is 6.07 Å². The van der Waals surface area contributed by atoms with Gasteiger partial charge in [-0.25, -0.2) is 13.2 Å². The molecule has 8 heteroatoms. The summed E-state index contributed by atoms with van der Waals surface area (Å²) in [6, 6.07) is 12.2. The summed E-state index contributed by atoms with van der Waals surface area (Å²) in [5, 5.41) is 5.25. The van der Waals surface area contributed by atoms with Gasteiger partial charge in [0.25, 0.3) is 0 Å². The average molecular weight is 375 g/mol. The molecular weight excluding hydrogens is 354 g/mol. The zero-order valence-electron chi connectivity index (χ0n) is 14.5. The van der Waals surface area contributed by atoms with E-state index in [2.05, 4.69) is 10.6 Å². The molecule has 0 fully saturated rings. The lowest BCUT2D eigenvalue weighted by molar-refractivity contribution is -0.116. The molecule has 4 N–H and O–H groups in total. The zero-order chi connectivity index (χ0) is 19.3. The van der Waals surface area contributed by atoms with Crippen LogP contribution in [0.5, 0.6) is 0 Å². The van der Waals surface area contributed by atoms with Crippen LogP contribution < -0.4 is 16.4 Å². The molecule has 1 atom stereocenters. The average Bonchev–Trinajstić information content (AvgIpc) is 2.55. The minimum atomic E-state index is -3.38. The topological polar surface area (TPSA) is 118 Å². The molecule has 0 unspecified atom stereocenters. The zero-order valence-corrected chi connectivity index (χ0v) is 15.3. The van der Waals surface area contributed by atoms with Crippen LogP contribution in [0.4, 0.5) is 10.5 Å². The van der Waals surface area contributed by atoms with Crippen molar-refractivity contribution in [3.63, 3.8) is 0 Å². The van der Waals surface area contributed by atoms with Crippen molar-refractivity contribution in [3.05, 3.63) is 59.7 Å². The summed E-state index contributed by atoms with van der Waals surface area (Å²) in [6.07, 6.45) is 1.06. The maximum absolute atomic E-state index is 12.4. The molecule has 0 radical (unpaired) electrons. The molecule has 0 aliphatic rings. The number of benzene rings is 2. The Morgan fingerprint density at radius 3 is 2.35 bits per heavy atom. The van der Waals surface area contributed by atoms with Gasteiger partial charge in [-0.05, 0) is 30.2 Å². The molecule has 3 amide bonds. The number of nitrogens with two attached hydrogens (primary N) is 1. The smallest absolute Gasteiger partial charge is 0.312 e. The molecule has 0 aliphatic heterocycles. The van der Waals surface area contributed by atoms with Gasteiger partial charge in [0.05, 0.1) is 17.4 Å². The van der Waals surface area contributed by atoms with E-state index in [1.54, 1.807) is 37.3 Å². The van der Waals surface area contributed by atoms with Crippen molar-refractivity contribution < 1.29 is 18.0 Å². The first-order valence-corrected chi connectivity index (χ1v) is 9.77. The largest absolute Gasteiger partial charge is 0.352 e. The molecule has 2 rings (SSSR count). The van der Waals surface area contributed by atoms with Crippen LogP contribution in [0.3, 0.4) is 0 Å². The van der Waals surface area contributed by atoms with E-state index < -0.39 is 21.9 Å². The number of aryl methyl sites for hydroxylation is 1. The molecule has 0 aromatic heterocycles. The van der Waals surface area contributed by atoms with E-state index in [0.29, 0.717) is 5.69 Å². The Bertz CT molecular complexity index is 911. The number of sulfone groups is 1. The van der Waals surface area contributed by atoms with Gasteiger partial charge in [0.15, 0.2) is 9.84 Å². The normalized spacial score (nSPS) is 12.2. The molecule has 0 aliphatic carbocycles. The molecule has 2 aromatic carbocycles. The monoisotopic (exact) mass is 375 g/mol. The number of anilines is 1. The van der Waals surface area contributed by atoms with E-state index in [4.69, 9.17) is 5.73 Å². The van der Waals surface area contributed by atoms with Crippen molar-refractivity contribution in [1.29, 1.82) is 0 Å². The molecule has 0 saturated carbocycles. The van der Waals surface area contributed by atoms with Gasteiger partial charge >= 0.3 is 6.03 Å². The van der Waals surface area contributed by atoms with Crippen molar-refractivity contribution in [2.45, 2.75) is 24.3 Å². The van der Waals surface area contributed by atoms with Gasteiger partial charge in [0.1, 0.15) is 0 Å². The quantitative estimate of drug-likeness (QED) is 0.716. The summed E-state index contributed by atoms with van der Waals surface area (Å²) in [7, 11) is -3.38. The van der Waals surface area contributed by atoms with Crippen molar-refractivity contribution in [2.24, 2.45) is 5.73 Å². The number of nitrogens with one attached hydrogen (secondary N) is 2. The van der Waals surface area contributed by atoms with E-state index in [9.17, 15) is 18.0 Å². The number of urea groups is 1. The maximum Gasteiger partial charge on any atom is 0.312 e. The van der Waals surface area contributed by atoms with Crippen LogP contribution in [0.2, 0.25) is 0 Å². The Morgan fingerprint density at radius 2 is 1.77 bits per heavy atom. The summed E-state index contributed by atoms with van der Waals surface area (Å²) in [5.41, 5.74) is 7.07. The van der Waals surface area contributed by atoms with Crippen molar-refractivity contribution >= 4 is 27.5 Å². The number of hydrogen-bond donors (Lipinski definition) is 3. The Kier molecular flexibility index (Phi) is 5.99. The fourth-order valence-corrected chi connectivity index (χ4v) is 3.11. The molecule has 0 spiro atoms. The lowest BCUT2D eigenvalue weighted by Gasteiger charge is -2.18. The fourth-order valence-electron chi connectivity index (χ4n) is 2.46. The molecule has 0 saturated heterocycles.